The monoisotopic (exact) mass is 289 g/mol. The van der Waals surface area contributed by atoms with Crippen LogP contribution in [0.1, 0.15) is 42.4 Å². The van der Waals surface area contributed by atoms with Gasteiger partial charge in [-0.25, -0.2) is 13.4 Å². The van der Waals surface area contributed by atoms with Crippen LogP contribution in [0.2, 0.25) is 0 Å². The van der Waals surface area contributed by atoms with Gasteiger partial charge < -0.3 is 5.11 Å². The molecule has 1 heterocycles. The Kier molecular flexibility index (Phi) is 4.08. The highest BCUT2D eigenvalue weighted by Crippen LogP contribution is 2.38. The highest BCUT2D eigenvalue weighted by Gasteiger charge is 2.33. The van der Waals surface area contributed by atoms with Crippen molar-refractivity contribution in [3.05, 3.63) is 16.1 Å². The molecule has 1 N–H and O–H groups in total. The molecule has 6 heteroatoms. The van der Waals surface area contributed by atoms with Gasteiger partial charge >= 0.3 is 0 Å². The van der Waals surface area contributed by atoms with Crippen LogP contribution in [0.25, 0.3) is 0 Å². The zero-order valence-corrected chi connectivity index (χ0v) is 12.3. The Morgan fingerprint density at radius 3 is 2.78 bits per heavy atom. The zero-order valence-electron chi connectivity index (χ0n) is 10.7. The molecular weight excluding hydrogens is 270 g/mol. The van der Waals surface area contributed by atoms with E-state index in [2.05, 4.69) is 4.98 Å². The first-order valence-corrected chi connectivity index (χ1v) is 9.00. The summed E-state index contributed by atoms with van der Waals surface area (Å²) in [4.78, 5) is 5.02. The Bertz CT molecular complexity index is 509. The molecule has 0 aromatic carbocycles. The van der Waals surface area contributed by atoms with E-state index in [0.717, 1.165) is 29.8 Å². The smallest absolute Gasteiger partial charge is 0.150 e. The maximum Gasteiger partial charge on any atom is 0.150 e. The van der Waals surface area contributed by atoms with Crippen LogP contribution in [-0.4, -0.2) is 30.0 Å². The van der Waals surface area contributed by atoms with E-state index in [1.807, 2.05) is 6.92 Å². The van der Waals surface area contributed by atoms with Gasteiger partial charge in [0.15, 0.2) is 0 Å². The van der Waals surface area contributed by atoms with Crippen molar-refractivity contribution < 1.29 is 13.5 Å². The lowest BCUT2D eigenvalue weighted by Crippen LogP contribution is -2.30. The van der Waals surface area contributed by atoms with Crippen molar-refractivity contribution in [2.45, 2.75) is 44.0 Å². The van der Waals surface area contributed by atoms with E-state index in [0.29, 0.717) is 6.42 Å². The number of sulfone groups is 1. The summed E-state index contributed by atoms with van der Waals surface area (Å²) in [6.07, 6.45) is 3.79. The molecule has 0 radical (unpaired) electrons. The molecule has 1 saturated carbocycles. The minimum absolute atomic E-state index is 0.0395. The predicted octanol–water partition coefficient (Wildman–Crippen LogP) is 2.09. The summed E-state index contributed by atoms with van der Waals surface area (Å²) in [6, 6.07) is 0. The molecule has 18 heavy (non-hydrogen) atoms. The normalized spacial score (nSPS) is 27.1. The number of aliphatic hydroxyl groups excluding tert-OH is 1. The van der Waals surface area contributed by atoms with Crippen LogP contribution in [0.3, 0.4) is 0 Å². The quantitative estimate of drug-likeness (QED) is 0.925. The van der Waals surface area contributed by atoms with Gasteiger partial charge in [0, 0.05) is 6.26 Å². The van der Waals surface area contributed by atoms with E-state index in [1.54, 1.807) is 5.51 Å². The Morgan fingerprint density at radius 1 is 1.50 bits per heavy atom. The summed E-state index contributed by atoms with van der Waals surface area (Å²) >= 11 is 1.45. The average Bonchev–Trinajstić information content (AvgIpc) is 2.73. The molecule has 1 fully saturated rings. The Balaban J connectivity index is 2.12. The fourth-order valence-electron chi connectivity index (χ4n) is 2.67. The van der Waals surface area contributed by atoms with E-state index >= 15 is 0 Å². The van der Waals surface area contributed by atoms with Crippen LogP contribution in [-0.2, 0) is 9.84 Å². The molecular formula is C12H19NO3S2. The third kappa shape index (κ3) is 2.92. The van der Waals surface area contributed by atoms with Crippen molar-refractivity contribution in [3.63, 3.8) is 0 Å². The average molecular weight is 289 g/mol. The summed E-state index contributed by atoms with van der Waals surface area (Å²) in [5.41, 5.74) is 2.58. The zero-order chi connectivity index (χ0) is 13.3. The maximum atomic E-state index is 11.6. The van der Waals surface area contributed by atoms with Crippen molar-refractivity contribution in [2.75, 3.05) is 6.26 Å². The van der Waals surface area contributed by atoms with Gasteiger partial charge in [0.05, 0.1) is 27.4 Å². The Labute approximate surface area is 112 Å². The molecule has 0 spiro atoms. The lowest BCUT2D eigenvalue weighted by Gasteiger charge is -2.31. The molecule has 1 aliphatic rings. The topological polar surface area (TPSA) is 67.3 Å². The Hall–Kier alpha value is -0.460. The molecule has 0 saturated heterocycles. The second kappa shape index (κ2) is 5.27. The fourth-order valence-corrected chi connectivity index (χ4v) is 4.74. The second-order valence-electron chi connectivity index (χ2n) is 5.13. The number of aliphatic hydroxyl groups is 1. The van der Waals surface area contributed by atoms with Gasteiger partial charge in [0.2, 0.25) is 0 Å². The lowest BCUT2D eigenvalue weighted by molar-refractivity contribution is 0.0881. The van der Waals surface area contributed by atoms with Crippen LogP contribution < -0.4 is 0 Å². The standard InChI is InChI=1S/C12H19NO3S2/c1-8-12(17-7-13-8)11(14)9-4-3-5-10(6-9)18(2,15)16/h7,9-11,14H,3-6H2,1-2H3. The molecule has 3 atom stereocenters. The number of nitrogens with zero attached hydrogens (tertiary/aromatic N) is 1. The molecule has 0 aliphatic heterocycles. The molecule has 0 amide bonds. The number of thiazole rings is 1. The number of aryl methyl sites for hydroxylation is 1. The Morgan fingerprint density at radius 2 is 2.22 bits per heavy atom. The van der Waals surface area contributed by atoms with Gasteiger partial charge in [-0.05, 0) is 32.1 Å². The van der Waals surface area contributed by atoms with Gasteiger partial charge in [-0.3, -0.25) is 0 Å². The molecule has 1 aliphatic carbocycles. The lowest BCUT2D eigenvalue weighted by atomic mass is 9.84. The molecule has 0 bridgehead atoms. The van der Waals surface area contributed by atoms with Crippen LogP contribution >= 0.6 is 11.3 Å². The van der Waals surface area contributed by atoms with Gasteiger partial charge in [0.1, 0.15) is 9.84 Å². The van der Waals surface area contributed by atoms with Crippen LogP contribution in [0.5, 0.6) is 0 Å². The van der Waals surface area contributed by atoms with Crippen molar-refractivity contribution in [1.82, 2.24) is 4.98 Å². The molecule has 3 unspecified atom stereocenters. The summed E-state index contributed by atoms with van der Waals surface area (Å²) in [5.74, 6) is 0.0395. The van der Waals surface area contributed by atoms with Crippen molar-refractivity contribution >= 4 is 21.2 Å². The van der Waals surface area contributed by atoms with Gasteiger partial charge in [-0.2, -0.15) is 0 Å². The first-order chi connectivity index (χ1) is 8.39. The fraction of sp³-hybridized carbons (Fsp3) is 0.750. The summed E-state index contributed by atoms with van der Waals surface area (Å²) in [6.45, 7) is 1.88. The van der Waals surface area contributed by atoms with E-state index in [4.69, 9.17) is 0 Å². The minimum Gasteiger partial charge on any atom is -0.387 e. The van der Waals surface area contributed by atoms with Crippen molar-refractivity contribution in [2.24, 2.45) is 5.92 Å². The van der Waals surface area contributed by atoms with Crippen molar-refractivity contribution in [1.29, 1.82) is 0 Å². The number of aromatic nitrogens is 1. The third-order valence-corrected chi connectivity index (χ3v) is 6.41. The minimum atomic E-state index is -2.99. The van der Waals surface area contributed by atoms with Crippen molar-refractivity contribution in [3.8, 4) is 0 Å². The van der Waals surface area contributed by atoms with Gasteiger partial charge in [-0.1, -0.05) is 6.42 Å². The maximum absolute atomic E-state index is 11.6. The molecule has 4 nitrogen and oxygen atoms in total. The highest BCUT2D eigenvalue weighted by molar-refractivity contribution is 7.91. The highest BCUT2D eigenvalue weighted by atomic mass is 32.2. The SMILES string of the molecule is Cc1ncsc1C(O)C1CCCC(S(C)(=O)=O)C1. The summed E-state index contributed by atoms with van der Waals surface area (Å²) in [7, 11) is -2.99. The number of rotatable bonds is 3. The van der Waals surface area contributed by atoms with Crippen LogP contribution in [0, 0.1) is 12.8 Å². The largest absolute Gasteiger partial charge is 0.387 e. The molecule has 1 aromatic rings. The van der Waals surface area contributed by atoms with Crippen LogP contribution in [0.4, 0.5) is 0 Å². The van der Waals surface area contributed by atoms with Gasteiger partial charge in [0.25, 0.3) is 0 Å². The second-order valence-corrected chi connectivity index (χ2v) is 8.34. The van der Waals surface area contributed by atoms with Crippen LogP contribution in [0.15, 0.2) is 5.51 Å². The van der Waals surface area contributed by atoms with E-state index < -0.39 is 15.9 Å². The molecule has 2 rings (SSSR count). The number of hydrogen-bond acceptors (Lipinski definition) is 5. The number of hydrogen-bond donors (Lipinski definition) is 1. The van der Waals surface area contributed by atoms with E-state index in [9.17, 15) is 13.5 Å². The third-order valence-electron chi connectivity index (χ3n) is 3.77. The van der Waals surface area contributed by atoms with E-state index in [1.165, 1.54) is 17.6 Å². The molecule has 102 valence electrons. The van der Waals surface area contributed by atoms with Gasteiger partial charge in [-0.15, -0.1) is 11.3 Å². The summed E-state index contributed by atoms with van der Waals surface area (Å²) < 4.78 is 23.2. The first kappa shape index (κ1) is 14.0. The predicted molar refractivity (Wildman–Crippen MR) is 72.4 cm³/mol. The van der Waals surface area contributed by atoms with E-state index in [-0.39, 0.29) is 11.2 Å². The first-order valence-electron chi connectivity index (χ1n) is 6.16. The summed E-state index contributed by atoms with van der Waals surface area (Å²) in [5, 5.41) is 10.1. The molecule has 1 aromatic heterocycles.